The lowest BCUT2D eigenvalue weighted by Crippen LogP contribution is -2.38. The van der Waals surface area contributed by atoms with Crippen LogP contribution in [0.4, 0.5) is 8.78 Å². The summed E-state index contributed by atoms with van der Waals surface area (Å²) in [6, 6.07) is 3.59. The quantitative estimate of drug-likeness (QED) is 0.867. The van der Waals surface area contributed by atoms with Gasteiger partial charge < -0.3 is 5.32 Å². The molecule has 0 saturated heterocycles. The third-order valence-corrected chi connectivity index (χ3v) is 2.97. The van der Waals surface area contributed by atoms with Crippen molar-refractivity contribution >= 4 is 5.91 Å². The molecule has 4 nitrogen and oxygen atoms in total. The minimum Gasteiger partial charge on any atom is -0.335 e. The van der Waals surface area contributed by atoms with Crippen LogP contribution in [0.15, 0.2) is 18.2 Å². The molecule has 1 rings (SSSR count). The van der Waals surface area contributed by atoms with Gasteiger partial charge >= 0.3 is 0 Å². The second-order valence-electron chi connectivity index (χ2n) is 4.26. The number of benzene rings is 1. The fourth-order valence-corrected chi connectivity index (χ4v) is 1.77. The summed E-state index contributed by atoms with van der Waals surface area (Å²) in [5.74, 6) is -1.94. The Kier molecular flexibility index (Phi) is 6.07. The number of nitrogens with one attached hydrogen (secondary N) is 1. The summed E-state index contributed by atoms with van der Waals surface area (Å²) >= 11 is 0. The molecule has 0 bridgehead atoms. The van der Waals surface area contributed by atoms with Crippen LogP contribution < -0.4 is 5.32 Å². The maximum Gasteiger partial charge on any atom is 0.235 e. The van der Waals surface area contributed by atoms with Crippen LogP contribution in [-0.4, -0.2) is 30.4 Å². The largest absolute Gasteiger partial charge is 0.335 e. The minimum atomic E-state index is -1.13. The van der Waals surface area contributed by atoms with Crippen LogP contribution >= 0.6 is 0 Å². The Labute approximate surface area is 117 Å². The third kappa shape index (κ3) is 4.28. The van der Waals surface area contributed by atoms with Gasteiger partial charge in [0.05, 0.1) is 12.6 Å². The maximum atomic E-state index is 13.6. The summed E-state index contributed by atoms with van der Waals surface area (Å²) in [6.07, 6.45) is 0. The second-order valence-corrected chi connectivity index (χ2v) is 4.26. The SMILES string of the molecule is CCN(CC)CC(=O)NC(C#N)c1ccc(F)cc1F. The van der Waals surface area contributed by atoms with Crippen molar-refractivity contribution in [3.63, 3.8) is 0 Å². The summed E-state index contributed by atoms with van der Waals surface area (Å²) in [5, 5.41) is 11.5. The molecular formula is C14H17F2N3O. The van der Waals surface area contributed by atoms with E-state index in [0.29, 0.717) is 19.2 Å². The standard InChI is InChI=1S/C14H17F2N3O/c1-3-19(4-2)9-14(20)18-13(8-17)11-6-5-10(15)7-12(11)16/h5-7,13H,3-4,9H2,1-2H3,(H,18,20). The zero-order chi connectivity index (χ0) is 15.1. The van der Waals surface area contributed by atoms with Crippen LogP contribution in [0.2, 0.25) is 0 Å². The first-order chi connectivity index (χ1) is 9.51. The predicted octanol–water partition coefficient (Wildman–Crippen LogP) is 1.99. The van der Waals surface area contributed by atoms with E-state index in [4.69, 9.17) is 5.26 Å². The van der Waals surface area contributed by atoms with Crippen molar-refractivity contribution in [3.8, 4) is 6.07 Å². The number of likely N-dealkylation sites (N-methyl/N-ethyl adjacent to an activating group) is 1. The Balaban J connectivity index is 2.77. The van der Waals surface area contributed by atoms with Gasteiger partial charge in [-0.05, 0) is 19.2 Å². The van der Waals surface area contributed by atoms with Gasteiger partial charge in [-0.25, -0.2) is 8.78 Å². The highest BCUT2D eigenvalue weighted by atomic mass is 19.1. The van der Waals surface area contributed by atoms with E-state index in [-0.39, 0.29) is 18.0 Å². The summed E-state index contributed by atoms with van der Waals surface area (Å²) in [7, 11) is 0. The molecule has 1 amide bonds. The number of halogens is 2. The second kappa shape index (κ2) is 7.56. The van der Waals surface area contributed by atoms with Gasteiger partial charge in [-0.1, -0.05) is 19.9 Å². The molecule has 20 heavy (non-hydrogen) atoms. The number of amides is 1. The van der Waals surface area contributed by atoms with Crippen molar-refractivity contribution in [2.24, 2.45) is 0 Å². The van der Waals surface area contributed by atoms with Gasteiger partial charge in [-0.2, -0.15) is 5.26 Å². The number of nitrogens with zero attached hydrogens (tertiary/aromatic N) is 2. The highest BCUT2D eigenvalue weighted by molar-refractivity contribution is 5.78. The Morgan fingerprint density at radius 3 is 2.55 bits per heavy atom. The molecule has 0 fully saturated rings. The fourth-order valence-electron chi connectivity index (χ4n) is 1.77. The predicted molar refractivity (Wildman–Crippen MR) is 70.6 cm³/mol. The van der Waals surface area contributed by atoms with E-state index in [0.717, 1.165) is 12.1 Å². The highest BCUT2D eigenvalue weighted by Crippen LogP contribution is 2.17. The number of hydrogen-bond acceptors (Lipinski definition) is 3. The van der Waals surface area contributed by atoms with Gasteiger partial charge in [-0.3, -0.25) is 9.69 Å². The Morgan fingerprint density at radius 2 is 2.05 bits per heavy atom. The number of carbonyl (C=O) groups excluding carboxylic acids is 1. The first-order valence-corrected chi connectivity index (χ1v) is 6.38. The van der Waals surface area contributed by atoms with Gasteiger partial charge in [-0.15, -0.1) is 0 Å². The molecule has 0 radical (unpaired) electrons. The zero-order valence-corrected chi connectivity index (χ0v) is 11.5. The third-order valence-electron chi connectivity index (χ3n) is 2.97. The van der Waals surface area contributed by atoms with E-state index >= 15 is 0 Å². The molecule has 1 unspecified atom stereocenters. The first-order valence-electron chi connectivity index (χ1n) is 6.38. The van der Waals surface area contributed by atoms with E-state index in [1.165, 1.54) is 0 Å². The zero-order valence-electron chi connectivity index (χ0n) is 11.5. The average molecular weight is 281 g/mol. The summed E-state index contributed by atoms with van der Waals surface area (Å²) < 4.78 is 26.4. The molecule has 0 aliphatic heterocycles. The lowest BCUT2D eigenvalue weighted by molar-refractivity contribution is -0.122. The smallest absolute Gasteiger partial charge is 0.235 e. The Morgan fingerprint density at radius 1 is 1.40 bits per heavy atom. The van der Waals surface area contributed by atoms with E-state index in [1.54, 1.807) is 6.07 Å². The van der Waals surface area contributed by atoms with Crippen molar-refractivity contribution in [1.29, 1.82) is 5.26 Å². The van der Waals surface area contributed by atoms with E-state index in [2.05, 4.69) is 5.32 Å². The first kappa shape index (κ1) is 16.1. The molecule has 6 heteroatoms. The van der Waals surface area contributed by atoms with Crippen LogP contribution in [0.3, 0.4) is 0 Å². The van der Waals surface area contributed by atoms with E-state index in [1.807, 2.05) is 18.7 Å². The van der Waals surface area contributed by atoms with Crippen molar-refractivity contribution in [2.75, 3.05) is 19.6 Å². The molecular weight excluding hydrogens is 264 g/mol. The molecule has 0 aliphatic rings. The van der Waals surface area contributed by atoms with Gasteiger partial charge in [0.15, 0.2) is 0 Å². The van der Waals surface area contributed by atoms with Crippen molar-refractivity contribution < 1.29 is 13.6 Å². The van der Waals surface area contributed by atoms with Crippen LogP contribution in [0, 0.1) is 23.0 Å². The molecule has 0 spiro atoms. The fraction of sp³-hybridized carbons (Fsp3) is 0.429. The summed E-state index contributed by atoms with van der Waals surface area (Å²) in [6.45, 7) is 5.36. The van der Waals surface area contributed by atoms with Crippen molar-refractivity contribution in [1.82, 2.24) is 10.2 Å². The van der Waals surface area contributed by atoms with Gasteiger partial charge in [0.25, 0.3) is 0 Å². The number of hydrogen-bond donors (Lipinski definition) is 1. The summed E-state index contributed by atoms with van der Waals surface area (Å²) in [5.41, 5.74) is -0.0400. The Hall–Kier alpha value is -2.00. The van der Waals surface area contributed by atoms with Crippen LogP contribution in [0.1, 0.15) is 25.5 Å². The number of carbonyl (C=O) groups is 1. The summed E-state index contributed by atoms with van der Waals surface area (Å²) in [4.78, 5) is 13.7. The van der Waals surface area contributed by atoms with E-state index < -0.39 is 17.7 Å². The molecule has 0 heterocycles. The van der Waals surface area contributed by atoms with Crippen LogP contribution in [0.25, 0.3) is 0 Å². The topological polar surface area (TPSA) is 56.1 Å². The number of rotatable bonds is 6. The molecule has 1 N–H and O–H groups in total. The molecule has 0 aliphatic carbocycles. The van der Waals surface area contributed by atoms with Gasteiger partial charge in [0, 0.05) is 11.6 Å². The van der Waals surface area contributed by atoms with Crippen molar-refractivity contribution in [2.45, 2.75) is 19.9 Å². The molecule has 1 aromatic rings. The van der Waals surface area contributed by atoms with Crippen LogP contribution in [0.5, 0.6) is 0 Å². The van der Waals surface area contributed by atoms with E-state index in [9.17, 15) is 13.6 Å². The maximum absolute atomic E-state index is 13.6. The molecule has 1 aromatic carbocycles. The van der Waals surface area contributed by atoms with Crippen molar-refractivity contribution in [3.05, 3.63) is 35.4 Å². The normalized spacial score (nSPS) is 12.0. The lowest BCUT2D eigenvalue weighted by Gasteiger charge is -2.19. The highest BCUT2D eigenvalue weighted by Gasteiger charge is 2.19. The van der Waals surface area contributed by atoms with Crippen LogP contribution in [-0.2, 0) is 4.79 Å². The molecule has 0 aromatic heterocycles. The number of nitriles is 1. The molecule has 1 atom stereocenters. The lowest BCUT2D eigenvalue weighted by atomic mass is 10.1. The minimum absolute atomic E-state index is 0.0400. The molecule has 108 valence electrons. The van der Waals surface area contributed by atoms with Gasteiger partial charge in [0.2, 0.25) is 5.91 Å². The Bertz CT molecular complexity index is 510. The monoisotopic (exact) mass is 281 g/mol. The molecule has 0 saturated carbocycles. The van der Waals surface area contributed by atoms with Gasteiger partial charge in [0.1, 0.15) is 17.7 Å². The average Bonchev–Trinajstić information content (AvgIpc) is 2.42.